The van der Waals surface area contributed by atoms with E-state index in [1.165, 1.54) is 19.4 Å². The quantitative estimate of drug-likeness (QED) is 0.525. The topological polar surface area (TPSA) is 6.48 Å². The summed E-state index contributed by atoms with van der Waals surface area (Å²) in [5, 5.41) is 1.13. The van der Waals surface area contributed by atoms with Crippen LogP contribution in [-0.2, 0) is 0 Å². The van der Waals surface area contributed by atoms with Crippen molar-refractivity contribution in [2.75, 3.05) is 25.6 Å². The third-order valence-electron chi connectivity index (χ3n) is 1.77. The molecule has 1 rings (SSSR count). The number of alkyl halides is 1. The molecule has 0 aromatic rings. The first-order valence-corrected chi connectivity index (χ1v) is 5.13. The van der Waals surface area contributed by atoms with Crippen molar-refractivity contribution in [2.24, 2.45) is 0 Å². The molecule has 0 spiro atoms. The van der Waals surface area contributed by atoms with Gasteiger partial charge in [-0.05, 0) is 12.8 Å². The molecule has 0 saturated carbocycles. The summed E-state index contributed by atoms with van der Waals surface area (Å²) < 4.78 is 0. The van der Waals surface area contributed by atoms with Crippen molar-refractivity contribution in [3.05, 3.63) is 12.4 Å². The van der Waals surface area contributed by atoms with Gasteiger partial charge in [0.05, 0.1) is 6.67 Å². The zero-order valence-corrected chi connectivity index (χ0v) is 8.55. The average molecular weight is 219 g/mol. The van der Waals surface area contributed by atoms with Crippen LogP contribution in [0.25, 0.3) is 0 Å². The largest absolute Gasteiger partial charge is 0.362 e. The van der Waals surface area contributed by atoms with E-state index >= 15 is 0 Å². The van der Waals surface area contributed by atoms with Crippen molar-refractivity contribution in [2.45, 2.75) is 12.8 Å². The fraction of sp³-hybridized carbons (Fsp3) is 0.750. The SMILES string of the molecule is CN1C=CN(CCCCBr)C1. The molecule has 2 nitrogen and oxygen atoms in total. The first-order chi connectivity index (χ1) is 5.33. The number of rotatable bonds is 4. The fourth-order valence-corrected chi connectivity index (χ4v) is 1.54. The normalized spacial score (nSPS) is 16.5. The van der Waals surface area contributed by atoms with Gasteiger partial charge >= 0.3 is 0 Å². The van der Waals surface area contributed by atoms with Crippen molar-refractivity contribution in [1.29, 1.82) is 0 Å². The van der Waals surface area contributed by atoms with Crippen LogP contribution < -0.4 is 0 Å². The summed E-state index contributed by atoms with van der Waals surface area (Å²) in [6.45, 7) is 2.24. The zero-order chi connectivity index (χ0) is 8.10. The Kier molecular flexibility index (Phi) is 3.77. The maximum absolute atomic E-state index is 3.42. The second-order valence-corrected chi connectivity index (χ2v) is 3.70. The Morgan fingerprint density at radius 3 is 2.73 bits per heavy atom. The molecule has 0 fully saturated rings. The molecule has 1 aliphatic heterocycles. The average Bonchev–Trinajstić information content (AvgIpc) is 2.37. The molecule has 11 heavy (non-hydrogen) atoms. The van der Waals surface area contributed by atoms with Crippen LogP contribution in [0.2, 0.25) is 0 Å². The number of nitrogens with zero attached hydrogens (tertiary/aromatic N) is 2. The van der Waals surface area contributed by atoms with Crippen molar-refractivity contribution < 1.29 is 0 Å². The molecule has 0 saturated heterocycles. The van der Waals surface area contributed by atoms with Gasteiger partial charge in [-0.3, -0.25) is 0 Å². The Labute approximate surface area is 77.0 Å². The van der Waals surface area contributed by atoms with E-state index in [2.05, 4.69) is 45.2 Å². The second-order valence-electron chi connectivity index (χ2n) is 2.91. The van der Waals surface area contributed by atoms with Crippen LogP contribution >= 0.6 is 15.9 Å². The minimum Gasteiger partial charge on any atom is -0.362 e. The van der Waals surface area contributed by atoms with Gasteiger partial charge in [0.25, 0.3) is 0 Å². The molecule has 1 heterocycles. The van der Waals surface area contributed by atoms with Crippen LogP contribution in [0.1, 0.15) is 12.8 Å². The molecule has 0 aromatic heterocycles. The monoisotopic (exact) mass is 218 g/mol. The van der Waals surface area contributed by atoms with Gasteiger partial charge in [0.15, 0.2) is 0 Å². The predicted molar refractivity (Wildman–Crippen MR) is 51.5 cm³/mol. The van der Waals surface area contributed by atoms with Crippen LogP contribution in [0.3, 0.4) is 0 Å². The Balaban J connectivity index is 2.05. The molecule has 0 aliphatic carbocycles. The minimum absolute atomic E-state index is 1.06. The van der Waals surface area contributed by atoms with Crippen LogP contribution in [0.15, 0.2) is 12.4 Å². The van der Waals surface area contributed by atoms with E-state index < -0.39 is 0 Å². The molecule has 3 heteroatoms. The van der Waals surface area contributed by atoms with E-state index in [0.717, 1.165) is 12.0 Å². The van der Waals surface area contributed by atoms with Crippen LogP contribution in [0, 0.1) is 0 Å². The summed E-state index contributed by atoms with van der Waals surface area (Å²) in [6, 6.07) is 0. The Bertz CT molecular complexity index is 136. The lowest BCUT2D eigenvalue weighted by atomic mass is 10.3. The van der Waals surface area contributed by atoms with Gasteiger partial charge < -0.3 is 9.80 Å². The molecule has 0 unspecified atom stereocenters. The van der Waals surface area contributed by atoms with E-state index in [-0.39, 0.29) is 0 Å². The van der Waals surface area contributed by atoms with E-state index in [9.17, 15) is 0 Å². The van der Waals surface area contributed by atoms with E-state index in [1.807, 2.05) is 0 Å². The van der Waals surface area contributed by atoms with E-state index in [1.54, 1.807) is 0 Å². The summed E-state index contributed by atoms with van der Waals surface area (Å²) in [4.78, 5) is 4.52. The molecule has 1 aliphatic rings. The maximum Gasteiger partial charge on any atom is 0.0890 e. The summed E-state index contributed by atoms with van der Waals surface area (Å²) in [6.07, 6.45) is 6.83. The molecule has 0 atom stereocenters. The summed E-state index contributed by atoms with van der Waals surface area (Å²) >= 11 is 3.42. The first-order valence-electron chi connectivity index (χ1n) is 4.01. The van der Waals surface area contributed by atoms with Crippen molar-refractivity contribution >= 4 is 15.9 Å². The standard InChI is InChI=1S/C8H15BrN2/c1-10-6-7-11(8-10)5-3-2-4-9/h6-7H,2-5,8H2,1H3. The molecule has 0 aromatic carbocycles. The van der Waals surface area contributed by atoms with Crippen molar-refractivity contribution in [1.82, 2.24) is 9.80 Å². The Morgan fingerprint density at radius 2 is 2.18 bits per heavy atom. The van der Waals surface area contributed by atoms with Gasteiger partial charge in [-0.2, -0.15) is 0 Å². The minimum atomic E-state index is 1.06. The smallest absolute Gasteiger partial charge is 0.0890 e. The number of hydrogen-bond acceptors (Lipinski definition) is 2. The van der Waals surface area contributed by atoms with Gasteiger partial charge in [-0.15, -0.1) is 0 Å². The third kappa shape index (κ3) is 3.14. The molecule has 64 valence electrons. The van der Waals surface area contributed by atoms with Gasteiger partial charge in [0.1, 0.15) is 0 Å². The van der Waals surface area contributed by atoms with Crippen LogP contribution in [0.4, 0.5) is 0 Å². The lowest BCUT2D eigenvalue weighted by Crippen LogP contribution is -2.23. The van der Waals surface area contributed by atoms with E-state index in [0.29, 0.717) is 0 Å². The highest BCUT2D eigenvalue weighted by Crippen LogP contribution is 2.05. The lowest BCUT2D eigenvalue weighted by Gasteiger charge is -2.17. The fourth-order valence-electron chi connectivity index (χ4n) is 1.14. The second kappa shape index (κ2) is 4.65. The number of halogens is 1. The van der Waals surface area contributed by atoms with Gasteiger partial charge in [-0.25, -0.2) is 0 Å². The zero-order valence-electron chi connectivity index (χ0n) is 6.96. The highest BCUT2D eigenvalue weighted by Gasteiger charge is 2.06. The maximum atomic E-state index is 3.42. The van der Waals surface area contributed by atoms with Crippen molar-refractivity contribution in [3.63, 3.8) is 0 Å². The van der Waals surface area contributed by atoms with Gasteiger partial charge in [0.2, 0.25) is 0 Å². The summed E-state index contributed by atoms with van der Waals surface area (Å²) in [7, 11) is 2.10. The van der Waals surface area contributed by atoms with Crippen molar-refractivity contribution in [3.8, 4) is 0 Å². The predicted octanol–water partition coefficient (Wildman–Crippen LogP) is 1.84. The molecule has 0 radical (unpaired) electrons. The highest BCUT2D eigenvalue weighted by molar-refractivity contribution is 9.09. The lowest BCUT2D eigenvalue weighted by molar-refractivity contribution is 0.293. The first kappa shape index (κ1) is 8.91. The molecule has 0 bridgehead atoms. The highest BCUT2D eigenvalue weighted by atomic mass is 79.9. The van der Waals surface area contributed by atoms with Crippen LogP contribution in [-0.4, -0.2) is 35.4 Å². The van der Waals surface area contributed by atoms with Gasteiger partial charge in [0, 0.05) is 31.3 Å². The summed E-state index contributed by atoms with van der Waals surface area (Å²) in [5.74, 6) is 0. The molecular weight excluding hydrogens is 204 g/mol. The molecule has 0 amide bonds. The molecular formula is C8H15BrN2. The Hall–Kier alpha value is -0.180. The third-order valence-corrected chi connectivity index (χ3v) is 2.33. The number of hydrogen-bond donors (Lipinski definition) is 0. The van der Waals surface area contributed by atoms with E-state index in [4.69, 9.17) is 0 Å². The molecule has 0 N–H and O–H groups in total. The number of unbranched alkanes of at least 4 members (excludes halogenated alkanes) is 1. The summed E-state index contributed by atoms with van der Waals surface area (Å²) in [5.41, 5.74) is 0. The van der Waals surface area contributed by atoms with Gasteiger partial charge in [-0.1, -0.05) is 15.9 Å². The Morgan fingerprint density at radius 1 is 1.36 bits per heavy atom. The van der Waals surface area contributed by atoms with Crippen LogP contribution in [0.5, 0.6) is 0 Å².